The Morgan fingerprint density at radius 3 is 1.48 bits per heavy atom. The first-order chi connectivity index (χ1) is 9.73. The second-order valence-electron chi connectivity index (χ2n) is 5.13. The number of carbonyl (C=O) groups excluding carboxylic acids is 4. The van der Waals surface area contributed by atoms with E-state index in [9.17, 15) is 19.2 Å². The van der Waals surface area contributed by atoms with Crippen LogP contribution in [0.4, 0.5) is 0 Å². The molecular formula is C13H20N2O6. The van der Waals surface area contributed by atoms with Crippen molar-refractivity contribution >= 4 is 23.8 Å². The first-order valence-electron chi connectivity index (χ1n) is 6.73. The fraction of sp³-hybridized carbons (Fsp3) is 0.692. The molecule has 0 aromatic heterocycles. The summed E-state index contributed by atoms with van der Waals surface area (Å²) in [5, 5.41) is 0. The van der Waals surface area contributed by atoms with E-state index in [2.05, 4.69) is 0 Å². The maximum absolute atomic E-state index is 11.7. The van der Waals surface area contributed by atoms with Gasteiger partial charge in [-0.05, 0) is 33.1 Å². The number of esters is 2. The first kappa shape index (κ1) is 16.9. The number of hydrogen-bond donors (Lipinski definition) is 2. The molecule has 0 bridgehead atoms. The molecule has 0 saturated heterocycles. The van der Waals surface area contributed by atoms with E-state index in [1.54, 1.807) is 0 Å². The SMILES string of the molecule is CC(C(N)=O)C(=O)OC1CCCC1OC(=O)C(C)C(N)=O. The molecule has 118 valence electrons. The number of carbonyl (C=O) groups is 4. The Morgan fingerprint density at radius 1 is 0.857 bits per heavy atom. The summed E-state index contributed by atoms with van der Waals surface area (Å²) in [6.45, 7) is 2.69. The lowest BCUT2D eigenvalue weighted by Crippen LogP contribution is -2.38. The van der Waals surface area contributed by atoms with Gasteiger partial charge in [-0.1, -0.05) is 0 Å². The number of primary amides is 2. The molecule has 1 aliphatic rings. The summed E-state index contributed by atoms with van der Waals surface area (Å²) in [5.41, 5.74) is 10.0. The number of amides is 2. The van der Waals surface area contributed by atoms with Crippen LogP contribution in [-0.4, -0.2) is 36.0 Å². The van der Waals surface area contributed by atoms with Gasteiger partial charge in [-0.15, -0.1) is 0 Å². The largest absolute Gasteiger partial charge is 0.458 e. The highest BCUT2D eigenvalue weighted by molar-refractivity contribution is 5.97. The lowest BCUT2D eigenvalue weighted by atomic mass is 10.1. The Hall–Kier alpha value is -2.12. The first-order valence-corrected chi connectivity index (χ1v) is 6.73. The highest BCUT2D eigenvalue weighted by Crippen LogP contribution is 2.26. The summed E-state index contributed by atoms with van der Waals surface area (Å²) in [4.78, 5) is 45.2. The molecule has 8 heteroatoms. The van der Waals surface area contributed by atoms with Gasteiger partial charge in [0.15, 0.2) is 0 Å². The minimum atomic E-state index is -1.06. The normalized spacial score (nSPS) is 23.9. The summed E-state index contributed by atoms with van der Waals surface area (Å²) in [6, 6.07) is 0. The molecule has 4 atom stereocenters. The summed E-state index contributed by atoms with van der Waals surface area (Å²) in [5.74, 6) is -5.20. The van der Waals surface area contributed by atoms with Gasteiger partial charge in [0.1, 0.15) is 24.0 Å². The summed E-state index contributed by atoms with van der Waals surface area (Å²) >= 11 is 0. The van der Waals surface area contributed by atoms with Gasteiger partial charge in [0.25, 0.3) is 0 Å². The van der Waals surface area contributed by atoms with Crippen LogP contribution >= 0.6 is 0 Å². The van der Waals surface area contributed by atoms with E-state index in [-0.39, 0.29) is 0 Å². The molecule has 0 radical (unpaired) electrons. The van der Waals surface area contributed by atoms with Crippen molar-refractivity contribution in [2.75, 3.05) is 0 Å². The lowest BCUT2D eigenvalue weighted by molar-refractivity contribution is -0.171. The molecule has 1 fully saturated rings. The minimum absolute atomic E-state index is 0.514. The van der Waals surface area contributed by atoms with Crippen molar-refractivity contribution in [2.24, 2.45) is 23.3 Å². The summed E-state index contributed by atoms with van der Waals surface area (Å²) < 4.78 is 10.3. The second kappa shape index (κ2) is 7.05. The third-order valence-electron chi connectivity index (χ3n) is 3.49. The molecule has 1 aliphatic carbocycles. The second-order valence-corrected chi connectivity index (χ2v) is 5.13. The monoisotopic (exact) mass is 300 g/mol. The van der Waals surface area contributed by atoms with Crippen molar-refractivity contribution < 1.29 is 28.7 Å². The molecule has 4 unspecified atom stereocenters. The van der Waals surface area contributed by atoms with Crippen molar-refractivity contribution in [3.8, 4) is 0 Å². The Labute approximate surface area is 122 Å². The fourth-order valence-corrected chi connectivity index (χ4v) is 1.90. The van der Waals surface area contributed by atoms with Gasteiger partial charge in [-0.2, -0.15) is 0 Å². The average molecular weight is 300 g/mol. The van der Waals surface area contributed by atoms with Crippen LogP contribution in [0.15, 0.2) is 0 Å². The van der Waals surface area contributed by atoms with Gasteiger partial charge in [-0.25, -0.2) is 0 Å². The lowest BCUT2D eigenvalue weighted by Gasteiger charge is -2.22. The molecule has 8 nitrogen and oxygen atoms in total. The predicted octanol–water partition coefficient (Wildman–Crippen LogP) is -0.763. The van der Waals surface area contributed by atoms with Crippen LogP contribution in [-0.2, 0) is 28.7 Å². The van der Waals surface area contributed by atoms with Crippen molar-refractivity contribution in [3.05, 3.63) is 0 Å². The Morgan fingerprint density at radius 2 is 1.19 bits per heavy atom. The fourth-order valence-electron chi connectivity index (χ4n) is 1.90. The maximum atomic E-state index is 11.7. The van der Waals surface area contributed by atoms with Crippen molar-refractivity contribution in [1.29, 1.82) is 0 Å². The number of ether oxygens (including phenoxy) is 2. The van der Waals surface area contributed by atoms with Gasteiger partial charge < -0.3 is 20.9 Å². The van der Waals surface area contributed by atoms with Crippen LogP contribution < -0.4 is 11.5 Å². The third kappa shape index (κ3) is 4.44. The number of nitrogens with two attached hydrogens (primary N) is 2. The maximum Gasteiger partial charge on any atom is 0.318 e. The van der Waals surface area contributed by atoms with Crippen LogP contribution in [0.25, 0.3) is 0 Å². The van der Waals surface area contributed by atoms with E-state index >= 15 is 0 Å². The van der Waals surface area contributed by atoms with Gasteiger partial charge in [0, 0.05) is 0 Å². The smallest absolute Gasteiger partial charge is 0.318 e. The molecule has 0 spiro atoms. The Kier molecular flexibility index (Phi) is 5.69. The molecule has 0 aromatic carbocycles. The molecule has 0 aliphatic heterocycles. The minimum Gasteiger partial charge on any atom is -0.458 e. The van der Waals surface area contributed by atoms with Crippen molar-refractivity contribution in [1.82, 2.24) is 0 Å². The van der Waals surface area contributed by atoms with Crippen LogP contribution in [0.5, 0.6) is 0 Å². The van der Waals surface area contributed by atoms with E-state index in [1.807, 2.05) is 0 Å². The van der Waals surface area contributed by atoms with E-state index in [4.69, 9.17) is 20.9 Å². The molecule has 0 aromatic rings. The van der Waals surface area contributed by atoms with Gasteiger partial charge in [0.05, 0.1) is 0 Å². The van der Waals surface area contributed by atoms with Gasteiger partial charge in [0.2, 0.25) is 11.8 Å². The zero-order valence-electron chi connectivity index (χ0n) is 12.0. The topological polar surface area (TPSA) is 139 Å². The van der Waals surface area contributed by atoms with Gasteiger partial charge in [-0.3, -0.25) is 19.2 Å². The molecule has 0 heterocycles. The van der Waals surface area contributed by atoms with Crippen LogP contribution in [0.2, 0.25) is 0 Å². The van der Waals surface area contributed by atoms with Crippen LogP contribution in [0.3, 0.4) is 0 Å². The van der Waals surface area contributed by atoms with E-state index in [1.165, 1.54) is 13.8 Å². The molecule has 2 amide bonds. The Bertz CT molecular complexity index is 410. The van der Waals surface area contributed by atoms with E-state index < -0.39 is 47.8 Å². The van der Waals surface area contributed by atoms with Crippen LogP contribution in [0, 0.1) is 11.8 Å². The van der Waals surface area contributed by atoms with Crippen molar-refractivity contribution in [2.45, 2.75) is 45.3 Å². The molecule has 1 saturated carbocycles. The quantitative estimate of drug-likeness (QED) is 0.488. The zero-order chi connectivity index (χ0) is 16.2. The zero-order valence-corrected chi connectivity index (χ0v) is 12.0. The number of rotatable bonds is 6. The molecule has 21 heavy (non-hydrogen) atoms. The summed E-state index contributed by atoms with van der Waals surface area (Å²) in [6.07, 6.45) is 0.457. The van der Waals surface area contributed by atoms with Crippen LogP contribution in [0.1, 0.15) is 33.1 Å². The molecule has 4 N–H and O–H groups in total. The Balaban J connectivity index is 2.60. The van der Waals surface area contributed by atoms with Crippen molar-refractivity contribution in [3.63, 3.8) is 0 Å². The number of hydrogen-bond acceptors (Lipinski definition) is 6. The van der Waals surface area contributed by atoms with Gasteiger partial charge >= 0.3 is 11.9 Å². The van der Waals surface area contributed by atoms with E-state index in [0.29, 0.717) is 19.3 Å². The average Bonchev–Trinajstić information content (AvgIpc) is 2.83. The highest BCUT2D eigenvalue weighted by atomic mass is 16.6. The standard InChI is InChI=1S/C13H20N2O6/c1-6(10(14)16)12(18)20-8-4-3-5-9(8)21-13(19)7(2)11(15)17/h6-9H,3-5H2,1-2H3,(H2,14,16)(H2,15,17). The highest BCUT2D eigenvalue weighted by Gasteiger charge is 2.36. The predicted molar refractivity (Wildman–Crippen MR) is 70.3 cm³/mol. The third-order valence-corrected chi connectivity index (χ3v) is 3.49. The molecule has 1 rings (SSSR count). The summed E-state index contributed by atoms with van der Waals surface area (Å²) in [7, 11) is 0. The van der Waals surface area contributed by atoms with E-state index in [0.717, 1.165) is 0 Å². The molecular weight excluding hydrogens is 280 g/mol.